The van der Waals surface area contributed by atoms with Crippen molar-refractivity contribution >= 4 is 23.2 Å². The van der Waals surface area contributed by atoms with Gasteiger partial charge in [-0.15, -0.1) is 0 Å². The number of hydrogen-bond acceptors (Lipinski definition) is 3. The maximum atomic E-state index is 10.0. The van der Waals surface area contributed by atoms with E-state index >= 15 is 0 Å². The van der Waals surface area contributed by atoms with Gasteiger partial charge in [-0.05, 0) is 31.2 Å². The molecule has 1 unspecified atom stereocenters. The Morgan fingerprint density at radius 2 is 1.95 bits per heavy atom. The fourth-order valence-corrected chi connectivity index (χ4v) is 2.27. The van der Waals surface area contributed by atoms with Crippen molar-refractivity contribution < 1.29 is 9.84 Å². The van der Waals surface area contributed by atoms with Crippen molar-refractivity contribution in [1.29, 1.82) is 0 Å². The molecule has 1 N–H and O–H groups in total. The smallest absolute Gasteiger partial charge is 0.119 e. The summed E-state index contributed by atoms with van der Waals surface area (Å²) in [7, 11) is 1.81. The summed E-state index contributed by atoms with van der Waals surface area (Å²) in [6, 6.07) is 7.00. The van der Waals surface area contributed by atoms with Crippen LogP contribution in [0.4, 0.5) is 0 Å². The van der Waals surface area contributed by atoms with E-state index in [9.17, 15) is 5.11 Å². The number of aromatic nitrogens is 2. The zero-order valence-electron chi connectivity index (χ0n) is 11.3. The molecule has 0 saturated heterocycles. The van der Waals surface area contributed by atoms with Gasteiger partial charge in [0.25, 0.3) is 0 Å². The van der Waals surface area contributed by atoms with Crippen molar-refractivity contribution in [3.05, 3.63) is 45.7 Å². The van der Waals surface area contributed by atoms with Gasteiger partial charge in [0.1, 0.15) is 12.4 Å². The third-order valence-electron chi connectivity index (χ3n) is 2.95. The third-order valence-corrected chi connectivity index (χ3v) is 3.69. The second-order valence-electron chi connectivity index (χ2n) is 4.59. The molecule has 1 aromatic carbocycles. The Balaban J connectivity index is 1.92. The highest BCUT2D eigenvalue weighted by atomic mass is 35.5. The molecule has 0 aliphatic rings. The minimum absolute atomic E-state index is 0.183. The van der Waals surface area contributed by atoms with Crippen molar-refractivity contribution in [3.63, 3.8) is 0 Å². The van der Waals surface area contributed by atoms with E-state index in [1.165, 1.54) is 0 Å². The van der Waals surface area contributed by atoms with Crippen LogP contribution in [0.3, 0.4) is 0 Å². The van der Waals surface area contributed by atoms with Crippen LogP contribution < -0.4 is 4.74 Å². The summed E-state index contributed by atoms with van der Waals surface area (Å²) in [6.45, 7) is 2.02. The minimum Gasteiger partial charge on any atom is -0.491 e. The molecule has 2 rings (SSSR count). The van der Waals surface area contributed by atoms with Crippen LogP contribution in [0.5, 0.6) is 5.75 Å². The fraction of sp³-hybridized carbons (Fsp3) is 0.357. The van der Waals surface area contributed by atoms with Gasteiger partial charge in [-0.3, -0.25) is 4.68 Å². The molecule has 4 nitrogen and oxygen atoms in total. The summed E-state index contributed by atoms with van der Waals surface area (Å²) in [5.74, 6) is 0.667. The number of halogens is 2. The molecule has 0 bridgehead atoms. The fourth-order valence-electron chi connectivity index (χ4n) is 1.91. The van der Waals surface area contributed by atoms with Crippen molar-refractivity contribution in [2.24, 2.45) is 7.05 Å². The van der Waals surface area contributed by atoms with E-state index in [0.717, 1.165) is 11.4 Å². The minimum atomic E-state index is -0.655. The molecule has 0 radical (unpaired) electrons. The number of benzene rings is 1. The summed E-state index contributed by atoms with van der Waals surface area (Å²) < 4.78 is 7.18. The SMILES string of the molecule is Cc1nn(C)c(CC(O)COc2ccc(Cl)cc2)c1Cl. The van der Waals surface area contributed by atoms with Gasteiger partial charge in [-0.25, -0.2) is 0 Å². The number of aryl methyl sites for hydroxylation is 2. The van der Waals surface area contributed by atoms with Gasteiger partial charge >= 0.3 is 0 Å². The molecular formula is C14H16Cl2N2O2. The first-order valence-corrected chi connectivity index (χ1v) is 6.97. The Morgan fingerprint density at radius 3 is 2.50 bits per heavy atom. The average Bonchev–Trinajstić information content (AvgIpc) is 2.65. The van der Waals surface area contributed by atoms with E-state index < -0.39 is 6.10 Å². The molecule has 0 fully saturated rings. The van der Waals surface area contributed by atoms with E-state index in [4.69, 9.17) is 27.9 Å². The Hall–Kier alpha value is -1.23. The second-order valence-corrected chi connectivity index (χ2v) is 5.41. The van der Waals surface area contributed by atoms with Gasteiger partial charge in [0, 0.05) is 18.5 Å². The van der Waals surface area contributed by atoms with E-state index in [1.807, 2.05) is 6.92 Å². The third kappa shape index (κ3) is 3.66. The van der Waals surface area contributed by atoms with Gasteiger partial charge in [0.05, 0.1) is 22.5 Å². The molecular weight excluding hydrogens is 299 g/mol. The van der Waals surface area contributed by atoms with E-state index in [-0.39, 0.29) is 6.61 Å². The van der Waals surface area contributed by atoms with E-state index in [2.05, 4.69) is 5.10 Å². The molecule has 0 aliphatic carbocycles. The van der Waals surface area contributed by atoms with Crippen molar-refractivity contribution in [2.45, 2.75) is 19.4 Å². The normalized spacial score (nSPS) is 12.4. The Morgan fingerprint density at radius 1 is 1.30 bits per heavy atom. The summed E-state index contributed by atoms with van der Waals surface area (Å²) >= 11 is 11.9. The van der Waals surface area contributed by atoms with Crippen LogP contribution in [-0.4, -0.2) is 27.6 Å². The zero-order valence-corrected chi connectivity index (χ0v) is 12.8. The van der Waals surface area contributed by atoms with E-state index in [1.54, 1.807) is 36.0 Å². The topological polar surface area (TPSA) is 47.3 Å². The molecule has 1 atom stereocenters. The first-order chi connectivity index (χ1) is 9.47. The predicted molar refractivity (Wildman–Crippen MR) is 79.6 cm³/mol. The molecule has 6 heteroatoms. The van der Waals surface area contributed by atoms with Crippen LogP contribution in [0.2, 0.25) is 10.0 Å². The van der Waals surface area contributed by atoms with Crippen LogP contribution >= 0.6 is 23.2 Å². The molecule has 0 aliphatic heterocycles. The van der Waals surface area contributed by atoms with Crippen LogP contribution in [0.25, 0.3) is 0 Å². The highest BCUT2D eigenvalue weighted by Gasteiger charge is 2.15. The molecule has 1 aromatic heterocycles. The monoisotopic (exact) mass is 314 g/mol. The summed E-state index contributed by atoms with van der Waals surface area (Å²) in [5, 5.41) is 15.5. The largest absolute Gasteiger partial charge is 0.491 e. The Kier molecular flexibility index (Phi) is 4.91. The van der Waals surface area contributed by atoms with Crippen LogP contribution in [0.1, 0.15) is 11.4 Å². The number of ether oxygens (including phenoxy) is 1. The number of aliphatic hydroxyl groups is 1. The summed E-state index contributed by atoms with van der Waals surface area (Å²) in [5.41, 5.74) is 1.56. The van der Waals surface area contributed by atoms with Crippen LogP contribution in [-0.2, 0) is 13.5 Å². The lowest BCUT2D eigenvalue weighted by Gasteiger charge is -2.13. The van der Waals surface area contributed by atoms with E-state index in [0.29, 0.717) is 22.2 Å². The van der Waals surface area contributed by atoms with Gasteiger partial charge in [0.15, 0.2) is 0 Å². The molecule has 1 heterocycles. The number of nitrogens with zero attached hydrogens (tertiary/aromatic N) is 2. The summed E-state index contributed by atoms with van der Waals surface area (Å²) in [4.78, 5) is 0. The van der Waals surface area contributed by atoms with Gasteiger partial charge < -0.3 is 9.84 Å². The van der Waals surface area contributed by atoms with Crippen LogP contribution in [0, 0.1) is 6.92 Å². The quantitative estimate of drug-likeness (QED) is 0.922. The zero-order chi connectivity index (χ0) is 14.7. The second kappa shape index (κ2) is 6.48. The number of hydrogen-bond donors (Lipinski definition) is 1. The number of aliphatic hydroxyl groups excluding tert-OH is 1. The van der Waals surface area contributed by atoms with Gasteiger partial charge in [0.2, 0.25) is 0 Å². The molecule has 20 heavy (non-hydrogen) atoms. The molecule has 108 valence electrons. The maximum absolute atomic E-state index is 10.0. The lowest BCUT2D eigenvalue weighted by atomic mass is 10.2. The van der Waals surface area contributed by atoms with Crippen molar-refractivity contribution in [3.8, 4) is 5.75 Å². The molecule has 2 aromatic rings. The standard InChI is InChI=1S/C14H16Cl2N2O2/c1-9-14(16)13(18(2)17-9)7-11(19)8-20-12-5-3-10(15)4-6-12/h3-6,11,19H,7-8H2,1-2H3. The van der Waals surface area contributed by atoms with Crippen molar-refractivity contribution in [1.82, 2.24) is 9.78 Å². The highest BCUT2D eigenvalue weighted by Crippen LogP contribution is 2.21. The van der Waals surface area contributed by atoms with Crippen molar-refractivity contribution in [2.75, 3.05) is 6.61 Å². The lowest BCUT2D eigenvalue weighted by molar-refractivity contribution is 0.106. The number of rotatable bonds is 5. The first-order valence-electron chi connectivity index (χ1n) is 6.21. The Bertz CT molecular complexity index is 582. The van der Waals surface area contributed by atoms with Gasteiger partial charge in [-0.1, -0.05) is 23.2 Å². The molecule has 0 saturated carbocycles. The Labute approximate surface area is 127 Å². The summed E-state index contributed by atoms with van der Waals surface area (Å²) in [6.07, 6.45) is -0.262. The first kappa shape index (κ1) is 15.2. The predicted octanol–water partition coefficient (Wildman–Crippen LogP) is 3.02. The molecule has 0 spiro atoms. The maximum Gasteiger partial charge on any atom is 0.119 e. The average molecular weight is 315 g/mol. The highest BCUT2D eigenvalue weighted by molar-refractivity contribution is 6.31. The van der Waals surface area contributed by atoms with Gasteiger partial charge in [-0.2, -0.15) is 5.10 Å². The molecule has 0 amide bonds. The lowest BCUT2D eigenvalue weighted by Crippen LogP contribution is -2.21. The van der Waals surface area contributed by atoms with Crippen LogP contribution in [0.15, 0.2) is 24.3 Å².